The summed E-state index contributed by atoms with van der Waals surface area (Å²) in [6.07, 6.45) is 2.46. The van der Waals surface area contributed by atoms with Crippen molar-refractivity contribution in [1.29, 1.82) is 0 Å². The minimum absolute atomic E-state index is 0.0511. The van der Waals surface area contributed by atoms with Gasteiger partial charge in [-0.15, -0.1) is 11.3 Å². The molecule has 0 aliphatic carbocycles. The summed E-state index contributed by atoms with van der Waals surface area (Å²) >= 11 is 1.39. The maximum absolute atomic E-state index is 13.4. The normalized spacial score (nSPS) is 15.3. The highest BCUT2D eigenvalue weighted by Gasteiger charge is 2.21. The largest absolute Gasteiger partial charge is 0.397 e. The van der Waals surface area contributed by atoms with Crippen LogP contribution in [0.5, 0.6) is 0 Å². The number of benzene rings is 1. The Labute approximate surface area is 214 Å². The molecule has 1 saturated heterocycles. The lowest BCUT2D eigenvalue weighted by Crippen LogP contribution is -2.47. The zero-order valence-electron chi connectivity index (χ0n) is 20.7. The first kappa shape index (κ1) is 24.2. The second-order valence-electron chi connectivity index (χ2n) is 9.09. The van der Waals surface area contributed by atoms with Crippen LogP contribution in [0.25, 0.3) is 21.9 Å². The molecule has 0 amide bonds. The predicted octanol–water partition coefficient (Wildman–Crippen LogP) is 3.70. The molecule has 0 bridgehead atoms. The highest BCUT2D eigenvalue weighted by Crippen LogP contribution is 2.26. The molecule has 3 N–H and O–H groups in total. The molecule has 3 aromatic heterocycles. The highest BCUT2D eigenvalue weighted by molar-refractivity contribution is 7.13. The number of anilines is 3. The highest BCUT2D eigenvalue weighted by atomic mass is 32.1. The van der Waals surface area contributed by atoms with Crippen LogP contribution in [0, 0.1) is 0 Å². The Bertz CT molecular complexity index is 1360. The third-order valence-corrected chi connectivity index (χ3v) is 7.55. The molecule has 0 saturated carbocycles. The lowest BCUT2D eigenvalue weighted by molar-refractivity contribution is 0.267. The summed E-state index contributed by atoms with van der Waals surface area (Å²) in [5, 5.41) is 5.84. The van der Waals surface area contributed by atoms with Crippen molar-refractivity contribution in [2.75, 3.05) is 55.2 Å². The van der Waals surface area contributed by atoms with E-state index >= 15 is 0 Å². The van der Waals surface area contributed by atoms with Crippen LogP contribution < -0.4 is 21.5 Å². The number of aromatic nitrogens is 4. The standard InChI is InChI=1S/C26H32N8OS/c1-3-18(2)34-24-22(31-23(26(34)35)25-29-10-16-36-25)20(27)17-21(30-24)28-9-11-32-12-14-33(15-13-32)19-7-5-4-6-8-19/h4-8,10,16-18H,3,9,11-15H2,1-2H3,(H3,27,28,30). The van der Waals surface area contributed by atoms with Crippen LogP contribution in [0.1, 0.15) is 26.3 Å². The smallest absolute Gasteiger partial charge is 0.281 e. The first-order chi connectivity index (χ1) is 17.5. The molecule has 1 aliphatic rings. The summed E-state index contributed by atoms with van der Waals surface area (Å²) < 4.78 is 1.71. The molecule has 9 nitrogen and oxygen atoms in total. The first-order valence-electron chi connectivity index (χ1n) is 12.4. The maximum atomic E-state index is 13.4. The molecule has 5 rings (SSSR count). The van der Waals surface area contributed by atoms with Crippen LogP contribution >= 0.6 is 11.3 Å². The lowest BCUT2D eigenvalue weighted by atomic mass is 10.2. The average Bonchev–Trinajstić information content (AvgIpc) is 3.44. The number of fused-ring (bicyclic) bond motifs is 1. The number of hydrogen-bond donors (Lipinski definition) is 2. The van der Waals surface area contributed by atoms with Crippen molar-refractivity contribution in [3.8, 4) is 10.7 Å². The molecule has 1 aliphatic heterocycles. The second kappa shape index (κ2) is 10.6. The number of piperazine rings is 1. The molecular weight excluding hydrogens is 472 g/mol. The molecule has 1 aromatic carbocycles. The van der Waals surface area contributed by atoms with E-state index in [4.69, 9.17) is 10.7 Å². The van der Waals surface area contributed by atoms with E-state index in [1.165, 1.54) is 17.0 Å². The monoisotopic (exact) mass is 504 g/mol. The summed E-state index contributed by atoms with van der Waals surface area (Å²) in [5.74, 6) is 0.656. The van der Waals surface area contributed by atoms with Crippen molar-refractivity contribution in [1.82, 2.24) is 24.4 Å². The Kier molecular flexibility index (Phi) is 7.15. The summed E-state index contributed by atoms with van der Waals surface area (Å²) in [6.45, 7) is 9.76. The number of nitrogens with zero attached hydrogens (tertiary/aromatic N) is 6. The molecular formula is C26H32N8OS. The van der Waals surface area contributed by atoms with E-state index in [1.54, 1.807) is 16.8 Å². The van der Waals surface area contributed by atoms with E-state index in [9.17, 15) is 4.79 Å². The Morgan fingerprint density at radius 2 is 1.92 bits per heavy atom. The molecule has 0 spiro atoms. The number of nitrogens with one attached hydrogen (secondary N) is 1. The first-order valence-corrected chi connectivity index (χ1v) is 13.3. The van der Waals surface area contributed by atoms with Gasteiger partial charge in [-0.1, -0.05) is 25.1 Å². The van der Waals surface area contributed by atoms with Crippen LogP contribution in [0.15, 0.2) is 52.8 Å². The Morgan fingerprint density at radius 1 is 1.14 bits per heavy atom. The molecule has 0 radical (unpaired) electrons. The maximum Gasteiger partial charge on any atom is 0.281 e. The number of pyridine rings is 1. The fraction of sp³-hybridized carbons (Fsp3) is 0.385. The zero-order chi connectivity index (χ0) is 25.1. The average molecular weight is 505 g/mol. The molecule has 1 atom stereocenters. The van der Waals surface area contributed by atoms with E-state index in [0.717, 1.165) is 45.7 Å². The third-order valence-electron chi connectivity index (χ3n) is 6.77. The van der Waals surface area contributed by atoms with Gasteiger partial charge in [-0.2, -0.15) is 0 Å². The summed E-state index contributed by atoms with van der Waals surface area (Å²) in [6, 6.07) is 12.3. The number of hydrogen-bond acceptors (Lipinski definition) is 9. The van der Waals surface area contributed by atoms with Crippen LogP contribution in [0.2, 0.25) is 0 Å². The van der Waals surface area contributed by atoms with Gasteiger partial charge in [-0.3, -0.25) is 14.3 Å². The van der Waals surface area contributed by atoms with Crippen molar-refractivity contribution in [2.45, 2.75) is 26.3 Å². The van der Waals surface area contributed by atoms with E-state index in [2.05, 4.69) is 62.3 Å². The van der Waals surface area contributed by atoms with E-state index in [0.29, 0.717) is 33.4 Å². The minimum Gasteiger partial charge on any atom is -0.397 e. The number of para-hydroxylation sites is 1. The van der Waals surface area contributed by atoms with Crippen molar-refractivity contribution in [2.24, 2.45) is 0 Å². The van der Waals surface area contributed by atoms with Gasteiger partial charge in [0.1, 0.15) is 16.3 Å². The van der Waals surface area contributed by atoms with Gasteiger partial charge in [0, 0.05) is 68.6 Å². The van der Waals surface area contributed by atoms with Gasteiger partial charge in [0.15, 0.2) is 11.3 Å². The summed E-state index contributed by atoms with van der Waals surface area (Å²) in [7, 11) is 0. The van der Waals surface area contributed by atoms with Gasteiger partial charge in [0.25, 0.3) is 5.56 Å². The third kappa shape index (κ3) is 4.91. The molecule has 188 valence electrons. The van der Waals surface area contributed by atoms with Gasteiger partial charge >= 0.3 is 0 Å². The van der Waals surface area contributed by atoms with E-state index in [-0.39, 0.29) is 11.6 Å². The van der Waals surface area contributed by atoms with Crippen molar-refractivity contribution in [3.63, 3.8) is 0 Å². The lowest BCUT2D eigenvalue weighted by Gasteiger charge is -2.36. The Balaban J connectivity index is 1.31. The van der Waals surface area contributed by atoms with Crippen molar-refractivity contribution in [3.05, 3.63) is 58.3 Å². The quantitative estimate of drug-likeness (QED) is 0.374. The van der Waals surface area contributed by atoms with Crippen LogP contribution in [0.4, 0.5) is 17.2 Å². The number of nitrogens with two attached hydrogens (primary N) is 1. The molecule has 4 heterocycles. The number of rotatable bonds is 8. The summed E-state index contributed by atoms with van der Waals surface area (Å²) in [4.78, 5) is 32.0. The van der Waals surface area contributed by atoms with Crippen molar-refractivity contribution < 1.29 is 0 Å². The Hall–Kier alpha value is -3.50. The predicted molar refractivity (Wildman–Crippen MR) is 148 cm³/mol. The van der Waals surface area contributed by atoms with Gasteiger partial charge in [-0.05, 0) is 25.5 Å². The zero-order valence-corrected chi connectivity index (χ0v) is 21.5. The van der Waals surface area contributed by atoms with Gasteiger partial charge in [0.2, 0.25) is 0 Å². The molecule has 36 heavy (non-hydrogen) atoms. The Morgan fingerprint density at radius 3 is 2.61 bits per heavy atom. The van der Waals surface area contributed by atoms with Crippen molar-refractivity contribution >= 4 is 39.7 Å². The fourth-order valence-electron chi connectivity index (χ4n) is 4.57. The molecule has 4 aromatic rings. The minimum atomic E-state index is -0.188. The van der Waals surface area contributed by atoms with E-state index in [1.807, 2.05) is 12.3 Å². The fourth-order valence-corrected chi connectivity index (χ4v) is 5.19. The number of nitrogen functional groups attached to an aromatic ring is 1. The summed E-state index contributed by atoms with van der Waals surface area (Å²) in [5.41, 5.74) is 9.38. The molecule has 10 heteroatoms. The van der Waals surface area contributed by atoms with Gasteiger partial charge in [0.05, 0.1) is 5.69 Å². The van der Waals surface area contributed by atoms with Crippen LogP contribution in [0.3, 0.4) is 0 Å². The van der Waals surface area contributed by atoms with Gasteiger partial charge < -0.3 is 16.0 Å². The van der Waals surface area contributed by atoms with Crippen LogP contribution in [-0.4, -0.2) is 63.7 Å². The SMILES string of the molecule is CCC(C)n1c(=O)c(-c2nccs2)nc2c(N)cc(NCCN3CCN(c4ccccc4)CC3)nc21. The van der Waals surface area contributed by atoms with Crippen LogP contribution in [-0.2, 0) is 0 Å². The number of thiazole rings is 1. The van der Waals surface area contributed by atoms with E-state index < -0.39 is 0 Å². The molecule has 1 unspecified atom stereocenters. The molecule has 1 fully saturated rings. The second-order valence-corrected chi connectivity index (χ2v) is 9.98. The van der Waals surface area contributed by atoms with Gasteiger partial charge in [-0.25, -0.2) is 15.0 Å². The topological polar surface area (TPSA) is 105 Å².